The monoisotopic (exact) mass is 136 g/mol. The minimum Gasteiger partial charge on any atom is -0.310 e. The molecular formula is C8H12N2+. The summed E-state index contributed by atoms with van der Waals surface area (Å²) in [6.07, 6.45) is 6.58. The molecule has 1 radical (unpaired) electrons. The number of hydrogen-bond donors (Lipinski definition) is 1. The van der Waals surface area contributed by atoms with E-state index in [0.717, 1.165) is 19.5 Å². The van der Waals surface area contributed by atoms with Gasteiger partial charge in [0.2, 0.25) is 6.21 Å². The smallest absolute Gasteiger partial charge is 0.252 e. The molecule has 2 aliphatic rings. The van der Waals surface area contributed by atoms with Gasteiger partial charge in [-0.2, -0.15) is 0 Å². The van der Waals surface area contributed by atoms with Crippen molar-refractivity contribution in [1.29, 1.82) is 0 Å². The van der Waals surface area contributed by atoms with Gasteiger partial charge in [0.15, 0.2) is 0 Å². The number of rotatable bonds is 0. The summed E-state index contributed by atoms with van der Waals surface area (Å²) in [5.41, 5.74) is 1.54. The molecule has 0 aromatic carbocycles. The highest BCUT2D eigenvalue weighted by Gasteiger charge is 2.27. The second-order valence-corrected chi connectivity index (χ2v) is 2.82. The Morgan fingerprint density at radius 1 is 1.60 bits per heavy atom. The molecule has 2 heterocycles. The van der Waals surface area contributed by atoms with Crippen LogP contribution in [0.1, 0.15) is 12.8 Å². The highest BCUT2D eigenvalue weighted by atomic mass is 14.9. The zero-order valence-electron chi connectivity index (χ0n) is 6.01. The Bertz CT molecular complexity index is 182. The molecule has 0 aliphatic carbocycles. The van der Waals surface area contributed by atoms with Crippen LogP contribution < -0.4 is 10.3 Å². The van der Waals surface area contributed by atoms with E-state index >= 15 is 0 Å². The molecule has 1 unspecified atom stereocenters. The number of fused-ring (bicyclic) bond motifs is 1. The van der Waals surface area contributed by atoms with Crippen LogP contribution in [0.4, 0.5) is 0 Å². The summed E-state index contributed by atoms with van der Waals surface area (Å²) in [5.74, 6) is 0. The molecule has 10 heavy (non-hydrogen) atoms. The number of dihydropyridines is 1. The predicted molar refractivity (Wildman–Crippen MR) is 42.2 cm³/mol. The number of nitrogens with one attached hydrogen (secondary N) is 1. The van der Waals surface area contributed by atoms with Crippen molar-refractivity contribution in [2.24, 2.45) is 0 Å². The minimum absolute atomic E-state index is 0.475. The van der Waals surface area contributed by atoms with Crippen LogP contribution in [0.25, 0.3) is 0 Å². The van der Waals surface area contributed by atoms with E-state index in [1.807, 2.05) is 6.21 Å². The Morgan fingerprint density at radius 2 is 2.60 bits per heavy atom. The van der Waals surface area contributed by atoms with Crippen molar-refractivity contribution in [3.8, 4) is 0 Å². The Morgan fingerprint density at radius 3 is 3.50 bits per heavy atom. The van der Waals surface area contributed by atoms with E-state index in [4.69, 9.17) is 0 Å². The van der Waals surface area contributed by atoms with Gasteiger partial charge in [-0.05, 0) is 13.0 Å². The third kappa shape index (κ3) is 0.991. The van der Waals surface area contributed by atoms with Crippen molar-refractivity contribution in [2.45, 2.75) is 18.9 Å². The van der Waals surface area contributed by atoms with E-state index in [0.29, 0.717) is 6.04 Å². The van der Waals surface area contributed by atoms with Crippen molar-refractivity contribution in [3.05, 3.63) is 11.6 Å². The van der Waals surface area contributed by atoms with Gasteiger partial charge in [-0.3, -0.25) is 0 Å². The Balaban J connectivity index is 2.13. The molecule has 0 amide bonds. The molecule has 1 fully saturated rings. The molecule has 2 aliphatic heterocycles. The molecule has 1 N–H and O–H groups in total. The predicted octanol–water partition coefficient (Wildman–Crippen LogP) is 0.0850. The fraction of sp³-hybridized carbons (Fsp3) is 0.625. The van der Waals surface area contributed by atoms with E-state index in [-0.39, 0.29) is 0 Å². The van der Waals surface area contributed by atoms with Gasteiger partial charge < -0.3 is 5.32 Å². The standard InChI is InChI=1S/C8H12N2/c1-2-7-3-5-9-6-8(7)10-4-1/h2,4,8-9H,1,3,5-6H2/q+1. The number of aliphatic imine (C=N–C) groups is 1. The second-order valence-electron chi connectivity index (χ2n) is 2.82. The van der Waals surface area contributed by atoms with Gasteiger partial charge in [0, 0.05) is 10.6 Å². The maximum Gasteiger partial charge on any atom is 0.252 e. The maximum atomic E-state index is 4.40. The van der Waals surface area contributed by atoms with Gasteiger partial charge >= 0.3 is 0 Å². The Hall–Kier alpha value is -0.630. The SMILES string of the molecule is C1=[N+]C2CNCCC2=CC1. The number of allylic oxidation sites excluding steroid dienone is 1. The second kappa shape index (κ2) is 2.54. The normalized spacial score (nSPS) is 31.2. The highest BCUT2D eigenvalue weighted by molar-refractivity contribution is 5.61. The summed E-state index contributed by atoms with van der Waals surface area (Å²) in [4.78, 5) is 4.40. The molecule has 2 rings (SSSR count). The molecule has 1 saturated heterocycles. The van der Waals surface area contributed by atoms with Crippen molar-refractivity contribution < 1.29 is 0 Å². The molecule has 0 spiro atoms. The molecule has 53 valence electrons. The van der Waals surface area contributed by atoms with Crippen LogP contribution in [0.5, 0.6) is 0 Å². The van der Waals surface area contributed by atoms with Gasteiger partial charge in [-0.25, -0.2) is 0 Å². The Kier molecular flexibility index (Phi) is 1.55. The lowest BCUT2D eigenvalue weighted by atomic mass is 9.98. The molecule has 0 bridgehead atoms. The first-order valence-corrected chi connectivity index (χ1v) is 3.88. The van der Waals surface area contributed by atoms with E-state index in [1.165, 1.54) is 6.42 Å². The summed E-state index contributed by atoms with van der Waals surface area (Å²) in [7, 11) is 0. The van der Waals surface area contributed by atoms with E-state index in [2.05, 4.69) is 16.4 Å². The van der Waals surface area contributed by atoms with Crippen LogP contribution in [0.2, 0.25) is 0 Å². The molecule has 0 aromatic heterocycles. The number of hydrogen-bond acceptors (Lipinski definition) is 2. The van der Waals surface area contributed by atoms with Crippen molar-refractivity contribution in [2.75, 3.05) is 13.1 Å². The molecule has 2 heteroatoms. The largest absolute Gasteiger partial charge is 0.310 e. The van der Waals surface area contributed by atoms with E-state index in [1.54, 1.807) is 5.57 Å². The first-order valence-electron chi connectivity index (χ1n) is 3.88. The quantitative estimate of drug-likeness (QED) is 0.469. The summed E-state index contributed by atoms with van der Waals surface area (Å²) < 4.78 is 0. The van der Waals surface area contributed by atoms with Crippen molar-refractivity contribution >= 4 is 6.21 Å². The summed E-state index contributed by atoms with van der Waals surface area (Å²) >= 11 is 0. The number of nitrogens with zero attached hydrogens (tertiary/aromatic N) is 1. The fourth-order valence-electron chi connectivity index (χ4n) is 1.55. The third-order valence-electron chi connectivity index (χ3n) is 2.13. The van der Waals surface area contributed by atoms with Crippen LogP contribution in [-0.2, 0) is 0 Å². The molecule has 1 atom stereocenters. The van der Waals surface area contributed by atoms with E-state index in [9.17, 15) is 0 Å². The topological polar surface area (TPSA) is 26.1 Å². The highest BCUT2D eigenvalue weighted by Crippen LogP contribution is 2.13. The van der Waals surface area contributed by atoms with Crippen molar-refractivity contribution in [1.82, 2.24) is 10.3 Å². The average molecular weight is 136 g/mol. The molecule has 0 saturated carbocycles. The van der Waals surface area contributed by atoms with Gasteiger partial charge in [-0.15, -0.1) is 0 Å². The van der Waals surface area contributed by atoms with Gasteiger partial charge in [-0.1, -0.05) is 6.08 Å². The zero-order chi connectivity index (χ0) is 6.81. The molecular weight excluding hydrogens is 124 g/mol. The van der Waals surface area contributed by atoms with Crippen LogP contribution in [0, 0.1) is 0 Å². The zero-order valence-corrected chi connectivity index (χ0v) is 6.01. The van der Waals surface area contributed by atoms with Gasteiger partial charge in [0.1, 0.15) is 0 Å². The summed E-state index contributed by atoms with van der Waals surface area (Å²) in [6.45, 7) is 2.18. The van der Waals surface area contributed by atoms with E-state index < -0.39 is 0 Å². The third-order valence-corrected chi connectivity index (χ3v) is 2.13. The lowest BCUT2D eigenvalue weighted by Crippen LogP contribution is -2.39. The fourth-order valence-corrected chi connectivity index (χ4v) is 1.55. The maximum absolute atomic E-state index is 4.40. The van der Waals surface area contributed by atoms with Crippen molar-refractivity contribution in [3.63, 3.8) is 0 Å². The number of piperidine rings is 1. The Labute approximate surface area is 61.0 Å². The summed E-state index contributed by atoms with van der Waals surface area (Å²) in [5, 5.41) is 3.33. The van der Waals surface area contributed by atoms with Crippen LogP contribution in [-0.4, -0.2) is 25.3 Å². The van der Waals surface area contributed by atoms with Crippen LogP contribution >= 0.6 is 0 Å². The lowest BCUT2D eigenvalue weighted by molar-refractivity contribution is 0.525. The lowest BCUT2D eigenvalue weighted by Gasteiger charge is -2.17. The van der Waals surface area contributed by atoms with Crippen LogP contribution in [0.3, 0.4) is 0 Å². The molecule has 0 aromatic rings. The first-order chi connectivity index (χ1) is 4.97. The van der Waals surface area contributed by atoms with Crippen LogP contribution in [0.15, 0.2) is 11.6 Å². The van der Waals surface area contributed by atoms with Gasteiger partial charge in [0.25, 0.3) is 6.04 Å². The summed E-state index contributed by atoms with van der Waals surface area (Å²) in [6, 6.07) is 0.475. The van der Waals surface area contributed by atoms with Gasteiger partial charge in [0.05, 0.1) is 13.0 Å². The first kappa shape index (κ1) is 6.10. The molecule has 2 nitrogen and oxygen atoms in total. The minimum atomic E-state index is 0.475. The average Bonchev–Trinajstić information content (AvgIpc) is 2.05.